The standard InChI is InChI=1S/C13H28N4.HI/c1-4-17(5-2)10-6-9-15-13(14-3)16-11-12-7-8-12;/h12H,4-11H2,1-3H3,(H2,14,15,16);1H. The lowest BCUT2D eigenvalue weighted by atomic mass is 10.3. The van der Waals surface area contributed by atoms with Gasteiger partial charge in [0.25, 0.3) is 0 Å². The molecule has 18 heavy (non-hydrogen) atoms. The summed E-state index contributed by atoms with van der Waals surface area (Å²) in [5.41, 5.74) is 0. The smallest absolute Gasteiger partial charge is 0.190 e. The van der Waals surface area contributed by atoms with E-state index in [4.69, 9.17) is 0 Å². The van der Waals surface area contributed by atoms with Gasteiger partial charge >= 0.3 is 0 Å². The van der Waals surface area contributed by atoms with Crippen molar-refractivity contribution in [3.8, 4) is 0 Å². The predicted octanol–water partition coefficient (Wildman–Crippen LogP) is 1.91. The summed E-state index contributed by atoms with van der Waals surface area (Å²) in [4.78, 5) is 6.67. The van der Waals surface area contributed by atoms with E-state index in [-0.39, 0.29) is 24.0 Å². The Balaban J connectivity index is 0.00000289. The Kier molecular flexibility index (Phi) is 10.8. The van der Waals surface area contributed by atoms with Gasteiger partial charge in [0.2, 0.25) is 0 Å². The monoisotopic (exact) mass is 368 g/mol. The molecule has 0 saturated heterocycles. The van der Waals surface area contributed by atoms with E-state index in [1.807, 2.05) is 7.05 Å². The average Bonchev–Trinajstić information content (AvgIpc) is 3.17. The molecule has 0 unspecified atom stereocenters. The van der Waals surface area contributed by atoms with Crippen LogP contribution in [0.5, 0.6) is 0 Å². The van der Waals surface area contributed by atoms with Crippen molar-refractivity contribution in [1.29, 1.82) is 0 Å². The molecule has 108 valence electrons. The Bertz CT molecular complexity index is 225. The summed E-state index contributed by atoms with van der Waals surface area (Å²) in [6.07, 6.45) is 3.93. The first-order valence-electron chi connectivity index (χ1n) is 6.97. The second-order valence-corrected chi connectivity index (χ2v) is 4.70. The lowest BCUT2D eigenvalue weighted by molar-refractivity contribution is 0.300. The van der Waals surface area contributed by atoms with Gasteiger partial charge in [0.05, 0.1) is 0 Å². The largest absolute Gasteiger partial charge is 0.356 e. The quantitative estimate of drug-likeness (QED) is 0.298. The molecule has 0 atom stereocenters. The van der Waals surface area contributed by atoms with Gasteiger partial charge in [0, 0.05) is 20.1 Å². The molecule has 2 N–H and O–H groups in total. The number of hydrogen-bond donors (Lipinski definition) is 2. The highest BCUT2D eigenvalue weighted by atomic mass is 127. The summed E-state index contributed by atoms with van der Waals surface area (Å²) >= 11 is 0. The van der Waals surface area contributed by atoms with Crippen LogP contribution in [0.15, 0.2) is 4.99 Å². The normalized spacial score (nSPS) is 15.4. The molecule has 1 fully saturated rings. The second-order valence-electron chi connectivity index (χ2n) is 4.70. The van der Waals surface area contributed by atoms with Crippen LogP contribution in [0.2, 0.25) is 0 Å². The summed E-state index contributed by atoms with van der Waals surface area (Å²) in [7, 11) is 1.84. The number of halogens is 1. The number of rotatable bonds is 8. The molecule has 0 heterocycles. The molecule has 0 aromatic heterocycles. The Morgan fingerprint density at radius 1 is 1.22 bits per heavy atom. The number of hydrogen-bond acceptors (Lipinski definition) is 2. The summed E-state index contributed by atoms with van der Waals surface area (Å²) < 4.78 is 0. The van der Waals surface area contributed by atoms with E-state index < -0.39 is 0 Å². The van der Waals surface area contributed by atoms with Crippen LogP contribution in [0.25, 0.3) is 0 Å². The molecule has 1 saturated carbocycles. The van der Waals surface area contributed by atoms with Crippen LogP contribution in [-0.4, -0.2) is 50.6 Å². The number of guanidine groups is 1. The topological polar surface area (TPSA) is 39.7 Å². The van der Waals surface area contributed by atoms with Crippen LogP contribution in [0.1, 0.15) is 33.1 Å². The predicted molar refractivity (Wildman–Crippen MR) is 89.9 cm³/mol. The number of nitrogens with zero attached hydrogens (tertiary/aromatic N) is 2. The third-order valence-electron chi connectivity index (χ3n) is 3.32. The van der Waals surface area contributed by atoms with Gasteiger partial charge in [0.1, 0.15) is 0 Å². The van der Waals surface area contributed by atoms with Crippen molar-refractivity contribution in [3.05, 3.63) is 0 Å². The minimum atomic E-state index is 0. The van der Waals surface area contributed by atoms with Crippen molar-refractivity contribution in [2.45, 2.75) is 33.1 Å². The zero-order valence-corrected chi connectivity index (χ0v) is 14.4. The summed E-state index contributed by atoms with van der Waals surface area (Å²) in [6, 6.07) is 0. The van der Waals surface area contributed by atoms with Crippen molar-refractivity contribution in [3.63, 3.8) is 0 Å². The Hall–Kier alpha value is -0.0400. The van der Waals surface area contributed by atoms with Gasteiger partial charge in [-0.15, -0.1) is 24.0 Å². The maximum atomic E-state index is 4.23. The molecule has 0 spiro atoms. The van der Waals surface area contributed by atoms with Crippen molar-refractivity contribution >= 4 is 29.9 Å². The third kappa shape index (κ3) is 8.13. The first-order chi connectivity index (χ1) is 8.30. The zero-order chi connectivity index (χ0) is 12.5. The molecule has 4 nitrogen and oxygen atoms in total. The average molecular weight is 368 g/mol. The number of aliphatic imine (C=N–C) groups is 1. The van der Waals surface area contributed by atoms with Gasteiger partial charge in [-0.1, -0.05) is 13.8 Å². The summed E-state index contributed by atoms with van der Waals surface area (Å²) in [5.74, 6) is 1.85. The highest BCUT2D eigenvalue weighted by Gasteiger charge is 2.20. The van der Waals surface area contributed by atoms with Gasteiger partial charge in [-0.2, -0.15) is 0 Å². The molecule has 5 heteroatoms. The lowest BCUT2D eigenvalue weighted by Gasteiger charge is -2.18. The molecule has 1 aliphatic rings. The van der Waals surface area contributed by atoms with E-state index in [1.165, 1.54) is 25.8 Å². The molecule has 1 rings (SSSR count). The maximum absolute atomic E-state index is 4.23. The fraction of sp³-hybridized carbons (Fsp3) is 0.923. The highest BCUT2D eigenvalue weighted by Crippen LogP contribution is 2.27. The van der Waals surface area contributed by atoms with E-state index in [0.717, 1.165) is 38.1 Å². The van der Waals surface area contributed by atoms with Crippen LogP contribution in [-0.2, 0) is 0 Å². The minimum Gasteiger partial charge on any atom is -0.356 e. The lowest BCUT2D eigenvalue weighted by Crippen LogP contribution is -2.39. The van der Waals surface area contributed by atoms with Crippen LogP contribution >= 0.6 is 24.0 Å². The van der Waals surface area contributed by atoms with Gasteiger partial charge in [0.15, 0.2) is 5.96 Å². The third-order valence-corrected chi connectivity index (χ3v) is 3.32. The van der Waals surface area contributed by atoms with Gasteiger partial charge in [-0.25, -0.2) is 0 Å². The first kappa shape index (κ1) is 18.0. The van der Waals surface area contributed by atoms with Crippen LogP contribution in [0.4, 0.5) is 0 Å². The second kappa shape index (κ2) is 10.8. The maximum Gasteiger partial charge on any atom is 0.190 e. The van der Waals surface area contributed by atoms with E-state index in [0.29, 0.717) is 0 Å². The van der Waals surface area contributed by atoms with Crippen molar-refractivity contribution in [2.75, 3.05) is 39.8 Å². The molecule has 0 amide bonds. The fourth-order valence-electron chi connectivity index (χ4n) is 1.83. The van der Waals surface area contributed by atoms with E-state index >= 15 is 0 Å². The number of nitrogens with one attached hydrogen (secondary N) is 2. The first-order valence-corrected chi connectivity index (χ1v) is 6.97. The molecular formula is C13H29IN4. The molecule has 0 aliphatic heterocycles. The highest BCUT2D eigenvalue weighted by molar-refractivity contribution is 14.0. The molecule has 0 aromatic carbocycles. The minimum absolute atomic E-state index is 0. The van der Waals surface area contributed by atoms with Gasteiger partial charge < -0.3 is 15.5 Å². The Labute approximate surface area is 129 Å². The van der Waals surface area contributed by atoms with Gasteiger partial charge in [-0.05, 0) is 44.8 Å². The van der Waals surface area contributed by atoms with Crippen molar-refractivity contribution in [1.82, 2.24) is 15.5 Å². The molecule has 0 aromatic rings. The zero-order valence-electron chi connectivity index (χ0n) is 12.0. The molecule has 1 aliphatic carbocycles. The van der Waals surface area contributed by atoms with Crippen molar-refractivity contribution < 1.29 is 0 Å². The fourth-order valence-corrected chi connectivity index (χ4v) is 1.83. The molecule has 0 bridgehead atoms. The van der Waals surface area contributed by atoms with Crippen molar-refractivity contribution in [2.24, 2.45) is 10.9 Å². The van der Waals surface area contributed by atoms with E-state index in [2.05, 4.69) is 34.4 Å². The van der Waals surface area contributed by atoms with Gasteiger partial charge in [-0.3, -0.25) is 4.99 Å². The van der Waals surface area contributed by atoms with Crippen LogP contribution < -0.4 is 10.6 Å². The molecule has 0 radical (unpaired) electrons. The van der Waals surface area contributed by atoms with Crippen LogP contribution in [0, 0.1) is 5.92 Å². The van der Waals surface area contributed by atoms with E-state index in [1.54, 1.807) is 0 Å². The Morgan fingerprint density at radius 2 is 1.89 bits per heavy atom. The Morgan fingerprint density at radius 3 is 2.39 bits per heavy atom. The summed E-state index contributed by atoms with van der Waals surface area (Å²) in [5, 5.41) is 6.74. The SMILES string of the molecule is CCN(CC)CCCNC(=NC)NCC1CC1.I. The van der Waals surface area contributed by atoms with E-state index in [9.17, 15) is 0 Å². The van der Waals surface area contributed by atoms with Crippen LogP contribution in [0.3, 0.4) is 0 Å². The molecular weight excluding hydrogens is 339 g/mol. The summed E-state index contributed by atoms with van der Waals surface area (Å²) in [6.45, 7) is 9.96.